The molecule has 2 rings (SSSR count). The van der Waals surface area contributed by atoms with Crippen LogP contribution in [-0.2, 0) is 22.0 Å². The van der Waals surface area contributed by atoms with Crippen LogP contribution in [0.3, 0.4) is 0 Å². The second kappa shape index (κ2) is 9.08. The summed E-state index contributed by atoms with van der Waals surface area (Å²) in [6.07, 6.45) is 0.119. The van der Waals surface area contributed by atoms with Crippen LogP contribution in [0.4, 0.5) is 0 Å². The molecule has 1 unspecified atom stereocenters. The highest BCUT2D eigenvalue weighted by molar-refractivity contribution is 6.17. The van der Waals surface area contributed by atoms with Crippen LogP contribution in [-0.4, -0.2) is 17.9 Å². The van der Waals surface area contributed by atoms with Gasteiger partial charge in [0.05, 0.1) is 6.42 Å². The summed E-state index contributed by atoms with van der Waals surface area (Å²) in [6, 6.07) is 16.2. The van der Waals surface area contributed by atoms with Crippen molar-refractivity contribution in [3.05, 3.63) is 71.3 Å². The average molecular weight is 346 g/mol. The molecule has 0 saturated heterocycles. The number of carbonyl (C=O) groups excluding carboxylic acids is 2. The number of hydrogen-bond donors (Lipinski definition) is 1. The topological polar surface area (TPSA) is 55.4 Å². The van der Waals surface area contributed by atoms with Gasteiger partial charge in [0.2, 0.25) is 0 Å². The number of alkyl halides is 1. The Hall–Kier alpha value is -2.33. The summed E-state index contributed by atoms with van der Waals surface area (Å²) < 4.78 is 5.21. The molecule has 0 aromatic heterocycles. The molecule has 1 N–H and O–H groups in total. The van der Waals surface area contributed by atoms with Crippen LogP contribution >= 0.6 is 11.6 Å². The van der Waals surface area contributed by atoms with Crippen molar-refractivity contribution in [2.24, 2.45) is 0 Å². The maximum Gasteiger partial charge on any atom is 0.308 e. The van der Waals surface area contributed by atoms with Gasteiger partial charge >= 0.3 is 5.97 Å². The van der Waals surface area contributed by atoms with E-state index in [1.165, 1.54) is 0 Å². The van der Waals surface area contributed by atoms with Crippen molar-refractivity contribution in [2.75, 3.05) is 0 Å². The maximum atomic E-state index is 12.2. The standard InChI is InChI=1S/C19H20ClNO3/c1-14(10-18(22)24-13-15-6-3-2-4-7-15)21-19(23)17-9-5-8-16(11-17)12-20/h2-9,11,14H,10,12-13H2,1H3,(H,21,23). The molecule has 0 aliphatic heterocycles. The van der Waals surface area contributed by atoms with E-state index in [0.717, 1.165) is 11.1 Å². The lowest BCUT2D eigenvalue weighted by molar-refractivity contribution is -0.145. The van der Waals surface area contributed by atoms with E-state index >= 15 is 0 Å². The number of carbonyl (C=O) groups is 2. The summed E-state index contributed by atoms with van der Waals surface area (Å²) in [4.78, 5) is 24.0. The van der Waals surface area contributed by atoms with E-state index < -0.39 is 0 Å². The average Bonchev–Trinajstić information content (AvgIpc) is 2.60. The predicted octanol–water partition coefficient (Wildman–Crippen LogP) is 3.68. The molecule has 1 atom stereocenters. The lowest BCUT2D eigenvalue weighted by atomic mass is 10.1. The van der Waals surface area contributed by atoms with Crippen LogP contribution in [0.5, 0.6) is 0 Å². The molecule has 5 heteroatoms. The highest BCUT2D eigenvalue weighted by Crippen LogP contribution is 2.09. The SMILES string of the molecule is CC(CC(=O)OCc1ccccc1)NC(=O)c1cccc(CCl)c1. The zero-order valence-electron chi connectivity index (χ0n) is 13.5. The molecule has 2 aromatic rings. The Labute approximate surface area is 146 Å². The second-order valence-electron chi connectivity index (χ2n) is 5.56. The largest absolute Gasteiger partial charge is 0.461 e. The Bertz CT molecular complexity index is 688. The molecule has 0 saturated carbocycles. The molecule has 0 fully saturated rings. The van der Waals surface area contributed by atoms with E-state index in [1.807, 2.05) is 36.4 Å². The molecule has 2 aromatic carbocycles. The first-order valence-electron chi connectivity index (χ1n) is 7.74. The highest BCUT2D eigenvalue weighted by atomic mass is 35.5. The van der Waals surface area contributed by atoms with Gasteiger partial charge in [0.1, 0.15) is 6.61 Å². The summed E-state index contributed by atoms with van der Waals surface area (Å²) in [5, 5.41) is 2.79. The first-order valence-corrected chi connectivity index (χ1v) is 8.27. The minimum atomic E-state index is -0.346. The normalized spacial score (nSPS) is 11.6. The zero-order chi connectivity index (χ0) is 17.4. The van der Waals surface area contributed by atoms with Gasteiger partial charge in [-0.3, -0.25) is 9.59 Å². The van der Waals surface area contributed by atoms with Gasteiger partial charge in [0, 0.05) is 17.5 Å². The number of hydrogen-bond acceptors (Lipinski definition) is 3. The summed E-state index contributed by atoms with van der Waals surface area (Å²) in [5.74, 6) is -0.228. The molecule has 0 spiro atoms. The van der Waals surface area contributed by atoms with Gasteiger partial charge in [-0.2, -0.15) is 0 Å². The lowest BCUT2D eigenvalue weighted by Gasteiger charge is -2.14. The van der Waals surface area contributed by atoms with E-state index in [2.05, 4.69) is 5.32 Å². The quantitative estimate of drug-likeness (QED) is 0.615. The molecule has 0 aliphatic carbocycles. The van der Waals surface area contributed by atoms with Gasteiger partial charge in [-0.15, -0.1) is 11.6 Å². The number of rotatable bonds is 7. The zero-order valence-corrected chi connectivity index (χ0v) is 14.3. The van der Waals surface area contributed by atoms with Crippen LogP contribution in [0.15, 0.2) is 54.6 Å². The van der Waals surface area contributed by atoms with E-state index in [4.69, 9.17) is 16.3 Å². The molecule has 24 heavy (non-hydrogen) atoms. The first-order chi connectivity index (χ1) is 11.6. The third-order valence-electron chi connectivity index (χ3n) is 3.44. The van der Waals surface area contributed by atoms with Crippen LogP contribution in [0.1, 0.15) is 34.8 Å². The Morgan fingerprint density at radius 1 is 1.08 bits per heavy atom. The van der Waals surface area contributed by atoms with Gasteiger partial charge in [-0.25, -0.2) is 0 Å². The third-order valence-corrected chi connectivity index (χ3v) is 3.75. The molecular weight excluding hydrogens is 326 g/mol. The Balaban J connectivity index is 1.80. The Kier molecular flexibility index (Phi) is 6.82. The van der Waals surface area contributed by atoms with Gasteiger partial charge in [0.25, 0.3) is 5.91 Å². The monoisotopic (exact) mass is 345 g/mol. The minimum absolute atomic E-state index is 0.119. The van der Waals surface area contributed by atoms with Crippen molar-refractivity contribution < 1.29 is 14.3 Å². The number of ether oxygens (including phenoxy) is 1. The molecule has 0 aliphatic rings. The lowest BCUT2D eigenvalue weighted by Crippen LogP contribution is -2.34. The minimum Gasteiger partial charge on any atom is -0.461 e. The maximum absolute atomic E-state index is 12.2. The molecule has 126 valence electrons. The smallest absolute Gasteiger partial charge is 0.308 e. The van der Waals surface area contributed by atoms with Crippen LogP contribution in [0.2, 0.25) is 0 Å². The van der Waals surface area contributed by atoms with Crippen molar-refractivity contribution in [3.63, 3.8) is 0 Å². The summed E-state index contributed by atoms with van der Waals surface area (Å²) in [5.41, 5.74) is 2.33. The number of benzene rings is 2. The van der Waals surface area contributed by atoms with E-state index in [9.17, 15) is 9.59 Å². The van der Waals surface area contributed by atoms with Gasteiger partial charge in [-0.05, 0) is 30.2 Å². The third kappa shape index (κ3) is 5.70. The van der Waals surface area contributed by atoms with Crippen LogP contribution in [0.25, 0.3) is 0 Å². The molecule has 4 nitrogen and oxygen atoms in total. The fraction of sp³-hybridized carbons (Fsp3) is 0.263. The fourth-order valence-corrected chi connectivity index (χ4v) is 2.37. The number of esters is 1. The van der Waals surface area contributed by atoms with Crippen LogP contribution in [0, 0.1) is 0 Å². The van der Waals surface area contributed by atoms with E-state index in [-0.39, 0.29) is 30.9 Å². The molecule has 0 radical (unpaired) electrons. The highest BCUT2D eigenvalue weighted by Gasteiger charge is 2.14. The Morgan fingerprint density at radius 3 is 2.50 bits per heavy atom. The molecule has 0 heterocycles. The fourth-order valence-electron chi connectivity index (χ4n) is 2.20. The Morgan fingerprint density at radius 2 is 1.79 bits per heavy atom. The summed E-state index contributed by atoms with van der Waals surface area (Å²) in [7, 11) is 0. The van der Waals surface area contributed by atoms with E-state index in [0.29, 0.717) is 11.4 Å². The van der Waals surface area contributed by atoms with Gasteiger partial charge in [-0.1, -0.05) is 42.5 Å². The van der Waals surface area contributed by atoms with Crippen molar-refractivity contribution in [1.82, 2.24) is 5.32 Å². The molecular formula is C19H20ClNO3. The number of nitrogens with one attached hydrogen (secondary N) is 1. The number of amides is 1. The van der Waals surface area contributed by atoms with Crippen molar-refractivity contribution in [1.29, 1.82) is 0 Å². The van der Waals surface area contributed by atoms with E-state index in [1.54, 1.807) is 25.1 Å². The van der Waals surface area contributed by atoms with Crippen molar-refractivity contribution >= 4 is 23.5 Å². The van der Waals surface area contributed by atoms with Crippen LogP contribution < -0.4 is 5.32 Å². The summed E-state index contributed by atoms with van der Waals surface area (Å²) >= 11 is 5.77. The summed E-state index contributed by atoms with van der Waals surface area (Å²) in [6.45, 7) is 2.01. The van der Waals surface area contributed by atoms with Crippen molar-refractivity contribution in [2.45, 2.75) is 31.9 Å². The van der Waals surface area contributed by atoms with Crippen molar-refractivity contribution in [3.8, 4) is 0 Å². The second-order valence-corrected chi connectivity index (χ2v) is 5.83. The predicted molar refractivity (Wildman–Crippen MR) is 93.8 cm³/mol. The van der Waals surface area contributed by atoms with Gasteiger partial charge in [0.15, 0.2) is 0 Å². The molecule has 0 bridgehead atoms. The number of halogens is 1. The first kappa shape index (κ1) is 18.0. The van der Waals surface area contributed by atoms with Gasteiger partial charge < -0.3 is 10.1 Å². The molecule has 1 amide bonds.